The summed E-state index contributed by atoms with van der Waals surface area (Å²) in [6.45, 7) is 7.62. The molecule has 0 atom stereocenters. The monoisotopic (exact) mass is 398 g/mol. The third-order valence-corrected chi connectivity index (χ3v) is 4.20. The molecular formula is C22H14N4O4. The standard InChI is InChI=1S/C22H14N4O4/c1-13-27-19-9-5-3-7-15(19)23-25-17-12-22-18(11-21(17)29-13)26-24-16-8-4-6-10-20(16)28-14(2)30-22/h3-12H,1-2H2. The highest BCUT2D eigenvalue weighted by Gasteiger charge is 2.19. The average molecular weight is 398 g/mol. The highest BCUT2D eigenvalue weighted by Crippen LogP contribution is 2.45. The van der Waals surface area contributed by atoms with Gasteiger partial charge in [0.05, 0.1) is 0 Å². The van der Waals surface area contributed by atoms with E-state index in [1.807, 2.05) is 24.3 Å². The van der Waals surface area contributed by atoms with Crippen LogP contribution < -0.4 is 18.9 Å². The van der Waals surface area contributed by atoms with E-state index in [4.69, 9.17) is 18.9 Å². The van der Waals surface area contributed by atoms with E-state index in [1.165, 1.54) is 0 Å². The van der Waals surface area contributed by atoms with Gasteiger partial charge in [-0.25, -0.2) is 0 Å². The summed E-state index contributed by atoms with van der Waals surface area (Å²) in [7, 11) is 0. The Morgan fingerprint density at radius 2 is 0.833 bits per heavy atom. The maximum atomic E-state index is 5.76. The fourth-order valence-corrected chi connectivity index (χ4v) is 2.86. The summed E-state index contributed by atoms with van der Waals surface area (Å²) in [5.41, 5.74) is 1.83. The van der Waals surface area contributed by atoms with Crippen LogP contribution in [0.4, 0.5) is 22.7 Å². The smallest absolute Gasteiger partial charge is 0.282 e. The van der Waals surface area contributed by atoms with Gasteiger partial charge in [-0.2, -0.15) is 0 Å². The summed E-state index contributed by atoms with van der Waals surface area (Å²) in [4.78, 5) is 0. The van der Waals surface area contributed by atoms with Crippen molar-refractivity contribution < 1.29 is 18.9 Å². The molecule has 5 rings (SSSR count). The molecular weight excluding hydrogens is 384 g/mol. The molecule has 0 aliphatic carbocycles. The molecule has 0 saturated carbocycles. The number of rotatable bonds is 0. The Kier molecular flexibility index (Phi) is 4.21. The fraction of sp³-hybridized carbons (Fsp3) is 0. The van der Waals surface area contributed by atoms with Gasteiger partial charge in [0.25, 0.3) is 11.9 Å². The maximum Gasteiger partial charge on any atom is 0.282 e. The minimum atomic E-state index is 0.0648. The summed E-state index contributed by atoms with van der Waals surface area (Å²) in [5.74, 6) is 1.74. The lowest BCUT2D eigenvalue weighted by Gasteiger charge is -2.13. The van der Waals surface area contributed by atoms with Gasteiger partial charge in [0.2, 0.25) is 0 Å². The number of fused-ring (bicyclic) bond motifs is 4. The number of ether oxygens (including phenoxy) is 4. The lowest BCUT2D eigenvalue weighted by atomic mass is 10.2. The SMILES string of the molecule is C=C1Oc2ccccc2N=Nc2cc3c(cc2O1)N=Nc1ccccc1OC(=C)O3. The second-order valence-corrected chi connectivity index (χ2v) is 6.28. The van der Waals surface area contributed by atoms with E-state index in [2.05, 4.69) is 33.6 Å². The molecule has 0 spiro atoms. The number of hydrogen-bond donors (Lipinski definition) is 0. The molecule has 0 saturated heterocycles. The second kappa shape index (κ2) is 7.17. The van der Waals surface area contributed by atoms with E-state index in [-0.39, 0.29) is 11.9 Å². The minimum absolute atomic E-state index is 0.0648. The molecule has 0 aromatic heterocycles. The van der Waals surface area contributed by atoms with Crippen molar-refractivity contribution in [2.24, 2.45) is 20.5 Å². The molecule has 0 radical (unpaired) electrons. The minimum Gasteiger partial charge on any atom is -0.424 e. The molecule has 0 N–H and O–H groups in total. The summed E-state index contributed by atoms with van der Waals surface area (Å²) < 4.78 is 22.8. The molecule has 2 aliphatic heterocycles. The summed E-state index contributed by atoms with van der Waals surface area (Å²) >= 11 is 0. The van der Waals surface area contributed by atoms with Crippen molar-refractivity contribution >= 4 is 22.7 Å². The molecule has 0 amide bonds. The lowest BCUT2D eigenvalue weighted by molar-refractivity contribution is 0.226. The van der Waals surface area contributed by atoms with Crippen molar-refractivity contribution in [1.82, 2.24) is 0 Å². The van der Waals surface area contributed by atoms with E-state index in [0.29, 0.717) is 45.7 Å². The van der Waals surface area contributed by atoms with Gasteiger partial charge in [-0.1, -0.05) is 24.3 Å². The molecule has 2 aliphatic rings. The quantitative estimate of drug-likeness (QED) is 0.408. The zero-order chi connectivity index (χ0) is 20.5. The van der Waals surface area contributed by atoms with E-state index in [9.17, 15) is 0 Å². The van der Waals surface area contributed by atoms with Crippen molar-refractivity contribution in [3.05, 3.63) is 85.7 Å². The van der Waals surface area contributed by atoms with Crippen LogP contribution in [0.2, 0.25) is 0 Å². The highest BCUT2D eigenvalue weighted by molar-refractivity contribution is 5.68. The number of nitrogens with zero attached hydrogens (tertiary/aromatic N) is 4. The Bertz CT molecular complexity index is 1150. The van der Waals surface area contributed by atoms with Gasteiger partial charge in [-0.05, 0) is 37.4 Å². The van der Waals surface area contributed by atoms with E-state index in [1.54, 1.807) is 36.4 Å². The first-order chi connectivity index (χ1) is 14.7. The van der Waals surface area contributed by atoms with Crippen molar-refractivity contribution in [1.29, 1.82) is 0 Å². The zero-order valence-corrected chi connectivity index (χ0v) is 15.6. The van der Waals surface area contributed by atoms with Gasteiger partial charge in [0.1, 0.15) is 22.7 Å². The van der Waals surface area contributed by atoms with Crippen LogP contribution in [-0.2, 0) is 0 Å². The molecule has 2 heterocycles. The Balaban J connectivity index is 1.62. The predicted octanol–water partition coefficient (Wildman–Crippen LogP) is 7.00. The number of azo groups is 2. The Morgan fingerprint density at radius 1 is 0.467 bits per heavy atom. The first-order valence-corrected chi connectivity index (χ1v) is 8.94. The Morgan fingerprint density at radius 3 is 1.30 bits per heavy atom. The molecule has 3 aromatic carbocycles. The molecule has 0 fully saturated rings. The normalized spacial score (nSPS) is 14.3. The topological polar surface area (TPSA) is 86.4 Å². The number of para-hydroxylation sites is 2. The first-order valence-electron chi connectivity index (χ1n) is 8.94. The Labute approximate surface area is 171 Å². The van der Waals surface area contributed by atoms with Crippen molar-refractivity contribution in [2.45, 2.75) is 0 Å². The van der Waals surface area contributed by atoms with Crippen molar-refractivity contribution in [3.8, 4) is 23.0 Å². The van der Waals surface area contributed by atoms with Crippen LogP contribution in [0.25, 0.3) is 0 Å². The Hall–Kier alpha value is -4.46. The molecule has 3 aromatic rings. The molecule has 0 unspecified atom stereocenters. The highest BCUT2D eigenvalue weighted by atomic mass is 16.7. The van der Waals surface area contributed by atoms with Gasteiger partial charge < -0.3 is 18.9 Å². The van der Waals surface area contributed by atoms with Gasteiger partial charge in [0.15, 0.2) is 23.0 Å². The summed E-state index contributed by atoms with van der Waals surface area (Å²) in [6, 6.07) is 17.6. The fourth-order valence-electron chi connectivity index (χ4n) is 2.86. The first kappa shape index (κ1) is 17.6. The van der Waals surface area contributed by atoms with Gasteiger partial charge >= 0.3 is 0 Å². The van der Waals surface area contributed by atoms with Crippen LogP contribution in [0.15, 0.2) is 106 Å². The predicted molar refractivity (Wildman–Crippen MR) is 108 cm³/mol. The summed E-state index contributed by atoms with van der Waals surface area (Å²) in [5, 5.41) is 17.1. The maximum absolute atomic E-state index is 5.76. The van der Waals surface area contributed by atoms with E-state index >= 15 is 0 Å². The van der Waals surface area contributed by atoms with Crippen LogP contribution in [0.5, 0.6) is 23.0 Å². The van der Waals surface area contributed by atoms with Crippen molar-refractivity contribution in [3.63, 3.8) is 0 Å². The zero-order valence-electron chi connectivity index (χ0n) is 15.6. The van der Waals surface area contributed by atoms with Crippen LogP contribution in [-0.4, -0.2) is 0 Å². The van der Waals surface area contributed by atoms with Crippen LogP contribution >= 0.6 is 0 Å². The van der Waals surface area contributed by atoms with Crippen LogP contribution in [0.3, 0.4) is 0 Å². The van der Waals surface area contributed by atoms with Gasteiger partial charge in [-0.3, -0.25) is 0 Å². The number of benzene rings is 3. The summed E-state index contributed by atoms with van der Waals surface area (Å²) in [6.07, 6.45) is 0. The molecule has 8 heteroatoms. The molecule has 30 heavy (non-hydrogen) atoms. The van der Waals surface area contributed by atoms with E-state index in [0.717, 1.165) is 0 Å². The van der Waals surface area contributed by atoms with Gasteiger partial charge in [0, 0.05) is 12.1 Å². The third-order valence-electron chi connectivity index (χ3n) is 4.20. The van der Waals surface area contributed by atoms with Crippen LogP contribution in [0.1, 0.15) is 0 Å². The average Bonchev–Trinajstić information content (AvgIpc) is 2.84. The van der Waals surface area contributed by atoms with Gasteiger partial charge in [-0.15, -0.1) is 20.5 Å². The second-order valence-electron chi connectivity index (χ2n) is 6.28. The third kappa shape index (κ3) is 3.37. The van der Waals surface area contributed by atoms with Crippen molar-refractivity contribution in [2.75, 3.05) is 0 Å². The largest absolute Gasteiger partial charge is 0.424 e. The molecule has 146 valence electrons. The molecule has 8 nitrogen and oxygen atoms in total. The van der Waals surface area contributed by atoms with Crippen LogP contribution in [0, 0.1) is 0 Å². The number of hydrogen-bond acceptors (Lipinski definition) is 8. The lowest BCUT2D eigenvalue weighted by Crippen LogP contribution is -2.03. The van der Waals surface area contributed by atoms with E-state index < -0.39 is 0 Å². The molecule has 0 bridgehead atoms.